The number of aromatic nitrogens is 2. The summed E-state index contributed by atoms with van der Waals surface area (Å²) in [5.74, 6) is 3.38. The fourth-order valence-corrected chi connectivity index (χ4v) is 1.81. The van der Waals surface area contributed by atoms with Crippen LogP contribution >= 0.6 is 0 Å². The Balaban J connectivity index is 2.17. The molecule has 0 saturated carbocycles. The maximum atomic E-state index is 5.33. The van der Waals surface area contributed by atoms with Gasteiger partial charge in [-0.25, -0.2) is 9.97 Å². The van der Waals surface area contributed by atoms with Crippen molar-refractivity contribution in [1.82, 2.24) is 9.97 Å². The molecular weight excluding hydrogens is 264 g/mol. The molecule has 21 heavy (non-hydrogen) atoms. The number of rotatable bonds is 6. The Labute approximate surface area is 126 Å². The van der Waals surface area contributed by atoms with Crippen molar-refractivity contribution in [2.24, 2.45) is 0 Å². The van der Waals surface area contributed by atoms with Crippen LogP contribution in [0.15, 0.2) is 28.9 Å². The maximum Gasteiger partial charge on any atom is 0.138 e. The van der Waals surface area contributed by atoms with Gasteiger partial charge in [0, 0.05) is 18.0 Å². The summed E-state index contributed by atoms with van der Waals surface area (Å²) in [6.45, 7) is 9.99. The number of hydrogen-bond donors (Lipinski definition) is 2. The Hall–Kier alpha value is -2.04. The van der Waals surface area contributed by atoms with Crippen molar-refractivity contribution in [1.29, 1.82) is 0 Å². The molecule has 0 radical (unpaired) electrons. The molecule has 0 atom stereocenters. The second-order valence-corrected chi connectivity index (χ2v) is 6.07. The third-order valence-electron chi connectivity index (χ3n) is 2.98. The Morgan fingerprint density at radius 2 is 1.86 bits per heavy atom. The Morgan fingerprint density at radius 1 is 1.14 bits per heavy atom. The van der Waals surface area contributed by atoms with Crippen molar-refractivity contribution in [2.45, 2.75) is 46.1 Å². The average Bonchev–Trinajstić information content (AvgIpc) is 2.95. The number of hydrogen-bond acceptors (Lipinski definition) is 5. The van der Waals surface area contributed by atoms with E-state index in [1.165, 1.54) is 0 Å². The summed E-state index contributed by atoms with van der Waals surface area (Å²) in [5, 5.41) is 6.62. The van der Waals surface area contributed by atoms with Crippen molar-refractivity contribution < 1.29 is 4.42 Å². The summed E-state index contributed by atoms with van der Waals surface area (Å²) >= 11 is 0. The second kappa shape index (κ2) is 6.61. The standard InChI is InChI=1S/C16H24N4O/c1-5-8-17-13-10-14(18-11-12-7-6-9-21-12)20-15(19-13)16(2,3)4/h6-7,9-10H,5,8,11H2,1-4H3,(H2,17,18,19,20). The van der Waals surface area contributed by atoms with Crippen molar-refractivity contribution in [3.8, 4) is 0 Å². The molecule has 2 aromatic heterocycles. The summed E-state index contributed by atoms with van der Waals surface area (Å²) in [6.07, 6.45) is 2.73. The minimum Gasteiger partial charge on any atom is -0.467 e. The van der Waals surface area contributed by atoms with E-state index in [9.17, 15) is 0 Å². The highest BCUT2D eigenvalue weighted by molar-refractivity contribution is 5.48. The van der Waals surface area contributed by atoms with E-state index in [4.69, 9.17) is 4.42 Å². The third-order valence-corrected chi connectivity index (χ3v) is 2.98. The predicted molar refractivity (Wildman–Crippen MR) is 85.5 cm³/mol. The molecule has 114 valence electrons. The van der Waals surface area contributed by atoms with Gasteiger partial charge in [0.2, 0.25) is 0 Å². The minimum atomic E-state index is -0.0922. The lowest BCUT2D eigenvalue weighted by Crippen LogP contribution is -2.18. The van der Waals surface area contributed by atoms with E-state index >= 15 is 0 Å². The van der Waals surface area contributed by atoms with E-state index in [2.05, 4.69) is 48.3 Å². The number of nitrogens with one attached hydrogen (secondary N) is 2. The summed E-state index contributed by atoms with van der Waals surface area (Å²) in [4.78, 5) is 9.21. The van der Waals surface area contributed by atoms with Crippen molar-refractivity contribution in [3.05, 3.63) is 36.0 Å². The molecule has 0 spiro atoms. The zero-order valence-corrected chi connectivity index (χ0v) is 13.2. The SMILES string of the molecule is CCCNc1cc(NCc2ccco2)nc(C(C)(C)C)n1. The molecular formula is C16H24N4O. The van der Waals surface area contributed by atoms with Gasteiger partial charge in [-0.1, -0.05) is 27.7 Å². The van der Waals surface area contributed by atoms with Gasteiger partial charge < -0.3 is 15.1 Å². The molecule has 2 N–H and O–H groups in total. The summed E-state index contributed by atoms with van der Waals surface area (Å²) in [5.41, 5.74) is -0.0922. The molecule has 0 fully saturated rings. The van der Waals surface area contributed by atoms with Gasteiger partial charge in [0.05, 0.1) is 12.8 Å². The molecule has 5 heteroatoms. The van der Waals surface area contributed by atoms with Crippen LogP contribution in [-0.2, 0) is 12.0 Å². The van der Waals surface area contributed by atoms with Gasteiger partial charge in [0.25, 0.3) is 0 Å². The van der Waals surface area contributed by atoms with E-state index in [-0.39, 0.29) is 5.41 Å². The molecule has 5 nitrogen and oxygen atoms in total. The quantitative estimate of drug-likeness (QED) is 0.846. The first-order valence-electron chi connectivity index (χ1n) is 7.38. The minimum absolute atomic E-state index is 0.0922. The predicted octanol–water partition coefficient (Wildman–Crippen LogP) is 3.80. The van der Waals surface area contributed by atoms with Gasteiger partial charge in [-0.15, -0.1) is 0 Å². The average molecular weight is 288 g/mol. The smallest absolute Gasteiger partial charge is 0.138 e. The molecule has 0 aliphatic carbocycles. The summed E-state index contributed by atoms with van der Waals surface area (Å²) in [7, 11) is 0. The van der Waals surface area contributed by atoms with E-state index in [0.29, 0.717) is 6.54 Å². The van der Waals surface area contributed by atoms with Crippen molar-refractivity contribution in [3.63, 3.8) is 0 Å². The van der Waals surface area contributed by atoms with Gasteiger partial charge in [-0.2, -0.15) is 0 Å². The fraction of sp³-hybridized carbons (Fsp3) is 0.500. The van der Waals surface area contributed by atoms with Crippen LogP contribution in [0.2, 0.25) is 0 Å². The number of furan rings is 1. The topological polar surface area (TPSA) is 63.0 Å². The molecule has 0 saturated heterocycles. The highest BCUT2D eigenvalue weighted by Gasteiger charge is 2.19. The Kier molecular flexibility index (Phi) is 4.83. The van der Waals surface area contributed by atoms with Crippen molar-refractivity contribution >= 4 is 11.6 Å². The van der Waals surface area contributed by atoms with Crippen LogP contribution in [0.25, 0.3) is 0 Å². The largest absolute Gasteiger partial charge is 0.467 e. The lowest BCUT2D eigenvalue weighted by molar-refractivity contribution is 0.517. The molecule has 2 aromatic rings. The first kappa shape index (κ1) is 15.4. The van der Waals surface area contributed by atoms with Crippen LogP contribution in [0.5, 0.6) is 0 Å². The van der Waals surface area contributed by atoms with Crippen LogP contribution in [0, 0.1) is 0 Å². The molecule has 2 heterocycles. The van der Waals surface area contributed by atoms with Crippen LogP contribution in [0.4, 0.5) is 11.6 Å². The lowest BCUT2D eigenvalue weighted by atomic mass is 9.96. The van der Waals surface area contributed by atoms with Gasteiger partial charge in [-0.3, -0.25) is 0 Å². The molecule has 2 rings (SSSR count). The first-order valence-corrected chi connectivity index (χ1v) is 7.38. The molecule has 0 bridgehead atoms. The summed E-state index contributed by atoms with van der Waals surface area (Å²) in [6, 6.07) is 5.76. The Morgan fingerprint density at radius 3 is 2.43 bits per heavy atom. The van der Waals surface area contributed by atoms with E-state index in [0.717, 1.165) is 36.2 Å². The van der Waals surface area contributed by atoms with Crippen LogP contribution in [0.1, 0.15) is 45.7 Å². The third kappa shape index (κ3) is 4.48. The van der Waals surface area contributed by atoms with Crippen LogP contribution in [-0.4, -0.2) is 16.5 Å². The highest BCUT2D eigenvalue weighted by Crippen LogP contribution is 2.22. The number of nitrogens with zero attached hydrogens (tertiary/aromatic N) is 2. The van der Waals surface area contributed by atoms with Gasteiger partial charge >= 0.3 is 0 Å². The molecule has 0 unspecified atom stereocenters. The Bertz CT molecular complexity index is 558. The second-order valence-electron chi connectivity index (χ2n) is 6.07. The van der Waals surface area contributed by atoms with Crippen LogP contribution < -0.4 is 10.6 Å². The monoisotopic (exact) mass is 288 g/mol. The zero-order valence-electron chi connectivity index (χ0n) is 13.2. The summed E-state index contributed by atoms with van der Waals surface area (Å²) < 4.78 is 5.33. The van der Waals surface area contributed by atoms with E-state index in [1.54, 1.807) is 6.26 Å². The highest BCUT2D eigenvalue weighted by atomic mass is 16.3. The van der Waals surface area contributed by atoms with Gasteiger partial charge in [0.15, 0.2) is 0 Å². The zero-order chi connectivity index (χ0) is 15.3. The molecule has 0 aromatic carbocycles. The fourth-order valence-electron chi connectivity index (χ4n) is 1.81. The van der Waals surface area contributed by atoms with E-state index < -0.39 is 0 Å². The molecule has 0 amide bonds. The van der Waals surface area contributed by atoms with Crippen LogP contribution in [0.3, 0.4) is 0 Å². The first-order chi connectivity index (χ1) is 9.99. The number of anilines is 2. The van der Waals surface area contributed by atoms with E-state index in [1.807, 2.05) is 18.2 Å². The molecule has 0 aliphatic rings. The van der Waals surface area contributed by atoms with Crippen molar-refractivity contribution in [2.75, 3.05) is 17.2 Å². The van der Waals surface area contributed by atoms with Gasteiger partial charge in [-0.05, 0) is 18.6 Å². The molecule has 0 aliphatic heterocycles. The van der Waals surface area contributed by atoms with Gasteiger partial charge in [0.1, 0.15) is 23.2 Å². The maximum absolute atomic E-state index is 5.33. The normalized spacial score (nSPS) is 11.4. The lowest BCUT2D eigenvalue weighted by Gasteiger charge is -2.19.